The molecule has 0 amide bonds. The molecule has 4 heteroatoms. The van der Waals surface area contributed by atoms with E-state index in [-0.39, 0.29) is 19.0 Å². The number of ketones is 1. The number of Topliss-reactive ketones (excluding diaryl/α,β-unsaturated/α-hetero) is 1. The first-order chi connectivity index (χ1) is 10.1. The zero-order valence-electron chi connectivity index (χ0n) is 11.7. The van der Waals surface area contributed by atoms with Gasteiger partial charge in [0, 0.05) is 5.56 Å². The fraction of sp³-hybridized carbons (Fsp3) is 0.176. The van der Waals surface area contributed by atoms with Crippen molar-refractivity contribution >= 4 is 11.8 Å². The fourth-order valence-corrected chi connectivity index (χ4v) is 1.74. The third-order valence-corrected chi connectivity index (χ3v) is 2.81. The van der Waals surface area contributed by atoms with E-state index in [1.165, 1.54) is 0 Å². The van der Waals surface area contributed by atoms with Gasteiger partial charge in [-0.1, -0.05) is 42.5 Å². The molecule has 0 aromatic heterocycles. The van der Waals surface area contributed by atoms with Gasteiger partial charge in [-0.05, 0) is 24.6 Å². The second-order valence-corrected chi connectivity index (χ2v) is 4.56. The molecule has 108 valence electrons. The van der Waals surface area contributed by atoms with E-state index in [0.29, 0.717) is 11.3 Å². The third kappa shape index (κ3) is 4.76. The first-order valence-electron chi connectivity index (χ1n) is 6.58. The number of rotatable bonds is 6. The van der Waals surface area contributed by atoms with E-state index >= 15 is 0 Å². The summed E-state index contributed by atoms with van der Waals surface area (Å²) in [7, 11) is 0. The Labute approximate surface area is 123 Å². The van der Waals surface area contributed by atoms with Gasteiger partial charge in [-0.2, -0.15) is 0 Å². The molecule has 0 aliphatic heterocycles. The zero-order valence-corrected chi connectivity index (χ0v) is 11.7. The quantitative estimate of drug-likeness (QED) is 0.604. The molecule has 0 heterocycles. The molecule has 4 nitrogen and oxygen atoms in total. The molecular formula is C17H16O4. The van der Waals surface area contributed by atoms with Gasteiger partial charge in [0.1, 0.15) is 5.75 Å². The maximum Gasteiger partial charge on any atom is 0.344 e. The predicted octanol–water partition coefficient (Wildman–Crippen LogP) is 2.80. The van der Waals surface area contributed by atoms with Crippen LogP contribution in [0.1, 0.15) is 15.9 Å². The average molecular weight is 284 g/mol. The van der Waals surface area contributed by atoms with Gasteiger partial charge in [0.25, 0.3) is 0 Å². The summed E-state index contributed by atoms with van der Waals surface area (Å²) in [5.74, 6) is -0.207. The number of aryl methyl sites for hydroxylation is 1. The lowest BCUT2D eigenvalue weighted by Gasteiger charge is -2.07. The van der Waals surface area contributed by atoms with E-state index in [1.807, 2.05) is 31.2 Å². The summed E-state index contributed by atoms with van der Waals surface area (Å²) in [6.07, 6.45) is 0. The summed E-state index contributed by atoms with van der Waals surface area (Å²) in [6.45, 7) is 1.44. The Hall–Kier alpha value is -2.62. The van der Waals surface area contributed by atoms with Gasteiger partial charge < -0.3 is 9.47 Å². The first-order valence-corrected chi connectivity index (χ1v) is 6.58. The Kier molecular flexibility index (Phi) is 5.10. The molecule has 0 unspecified atom stereocenters. The Bertz CT molecular complexity index is 620. The van der Waals surface area contributed by atoms with Crippen LogP contribution in [-0.2, 0) is 9.53 Å². The number of hydrogen-bond donors (Lipinski definition) is 0. The minimum absolute atomic E-state index is 0.217. The highest BCUT2D eigenvalue weighted by Crippen LogP contribution is 2.12. The molecule has 21 heavy (non-hydrogen) atoms. The van der Waals surface area contributed by atoms with E-state index in [2.05, 4.69) is 0 Å². The molecule has 0 fully saturated rings. The van der Waals surface area contributed by atoms with E-state index in [0.717, 1.165) is 5.56 Å². The van der Waals surface area contributed by atoms with E-state index in [4.69, 9.17) is 9.47 Å². The second-order valence-electron chi connectivity index (χ2n) is 4.56. The Morgan fingerprint density at radius 2 is 1.71 bits per heavy atom. The van der Waals surface area contributed by atoms with Crippen LogP contribution in [0.3, 0.4) is 0 Å². The van der Waals surface area contributed by atoms with Gasteiger partial charge in [0.05, 0.1) is 0 Å². The van der Waals surface area contributed by atoms with Crippen molar-refractivity contribution in [2.24, 2.45) is 0 Å². The smallest absolute Gasteiger partial charge is 0.344 e. The topological polar surface area (TPSA) is 52.6 Å². The highest BCUT2D eigenvalue weighted by atomic mass is 16.6. The number of carbonyl (C=O) groups is 2. The lowest BCUT2D eigenvalue weighted by Crippen LogP contribution is -2.19. The van der Waals surface area contributed by atoms with Crippen LogP contribution in [0.5, 0.6) is 5.75 Å². The lowest BCUT2D eigenvalue weighted by molar-refractivity contribution is -0.144. The molecule has 0 spiro atoms. The monoisotopic (exact) mass is 284 g/mol. The molecule has 2 aromatic carbocycles. The van der Waals surface area contributed by atoms with Gasteiger partial charge in [0.15, 0.2) is 19.0 Å². The molecule has 0 aliphatic carbocycles. The highest BCUT2D eigenvalue weighted by molar-refractivity contribution is 5.97. The molecule has 2 rings (SSSR count). The number of benzene rings is 2. The van der Waals surface area contributed by atoms with Crippen molar-refractivity contribution in [2.75, 3.05) is 13.2 Å². The summed E-state index contributed by atoms with van der Waals surface area (Å²) in [4.78, 5) is 23.3. The standard InChI is InChI=1S/C17H16O4/c1-13-6-5-9-15(10-13)20-12-17(19)21-11-16(18)14-7-3-2-4-8-14/h2-10H,11-12H2,1H3. The van der Waals surface area contributed by atoms with Crippen LogP contribution >= 0.6 is 0 Å². The van der Waals surface area contributed by atoms with Gasteiger partial charge in [-0.25, -0.2) is 4.79 Å². The van der Waals surface area contributed by atoms with Crippen LogP contribution in [0, 0.1) is 6.92 Å². The minimum Gasteiger partial charge on any atom is -0.482 e. The first kappa shape index (κ1) is 14.8. The van der Waals surface area contributed by atoms with Crippen LogP contribution in [0.4, 0.5) is 0 Å². The van der Waals surface area contributed by atoms with Gasteiger partial charge >= 0.3 is 5.97 Å². The van der Waals surface area contributed by atoms with Crippen LogP contribution in [0.2, 0.25) is 0 Å². The van der Waals surface area contributed by atoms with Crippen molar-refractivity contribution in [3.8, 4) is 5.75 Å². The molecule has 0 saturated heterocycles. The Morgan fingerprint density at radius 1 is 0.952 bits per heavy atom. The normalized spacial score (nSPS) is 9.95. The van der Waals surface area contributed by atoms with Crippen LogP contribution in [-0.4, -0.2) is 25.0 Å². The largest absolute Gasteiger partial charge is 0.482 e. The fourth-order valence-electron chi connectivity index (χ4n) is 1.74. The summed E-state index contributed by atoms with van der Waals surface area (Å²) >= 11 is 0. The van der Waals surface area contributed by atoms with Crippen molar-refractivity contribution < 1.29 is 19.1 Å². The number of esters is 1. The third-order valence-electron chi connectivity index (χ3n) is 2.81. The second kappa shape index (κ2) is 7.24. The van der Waals surface area contributed by atoms with E-state index in [1.54, 1.807) is 30.3 Å². The number of hydrogen-bond acceptors (Lipinski definition) is 4. The molecule has 0 radical (unpaired) electrons. The molecule has 0 atom stereocenters. The summed E-state index contributed by atoms with van der Waals surface area (Å²) in [5.41, 5.74) is 1.56. The van der Waals surface area contributed by atoms with Crippen molar-refractivity contribution in [1.29, 1.82) is 0 Å². The van der Waals surface area contributed by atoms with Crippen molar-refractivity contribution in [3.63, 3.8) is 0 Å². The lowest BCUT2D eigenvalue weighted by atomic mass is 10.1. The Balaban J connectivity index is 1.76. The molecule has 2 aromatic rings. The SMILES string of the molecule is Cc1cccc(OCC(=O)OCC(=O)c2ccccc2)c1. The van der Waals surface area contributed by atoms with Crippen LogP contribution < -0.4 is 4.74 Å². The molecule has 0 bridgehead atoms. The van der Waals surface area contributed by atoms with Gasteiger partial charge in [-0.3, -0.25) is 4.79 Å². The number of ether oxygens (including phenoxy) is 2. The van der Waals surface area contributed by atoms with Gasteiger partial charge in [0.2, 0.25) is 0 Å². The maximum atomic E-state index is 11.7. The van der Waals surface area contributed by atoms with Gasteiger partial charge in [-0.15, -0.1) is 0 Å². The molecule has 0 saturated carbocycles. The van der Waals surface area contributed by atoms with E-state index < -0.39 is 5.97 Å². The zero-order chi connectivity index (χ0) is 15.1. The van der Waals surface area contributed by atoms with Crippen LogP contribution in [0.15, 0.2) is 54.6 Å². The highest BCUT2D eigenvalue weighted by Gasteiger charge is 2.10. The van der Waals surface area contributed by atoms with Crippen molar-refractivity contribution in [3.05, 3.63) is 65.7 Å². The van der Waals surface area contributed by atoms with Crippen molar-refractivity contribution in [1.82, 2.24) is 0 Å². The summed E-state index contributed by atoms with van der Waals surface area (Å²) < 4.78 is 10.2. The predicted molar refractivity (Wildman–Crippen MR) is 78.4 cm³/mol. The summed E-state index contributed by atoms with van der Waals surface area (Å²) in [5, 5.41) is 0. The maximum absolute atomic E-state index is 11.7. The molecular weight excluding hydrogens is 268 g/mol. The summed E-state index contributed by atoms with van der Waals surface area (Å²) in [6, 6.07) is 16.1. The average Bonchev–Trinajstić information content (AvgIpc) is 2.51. The van der Waals surface area contributed by atoms with Crippen molar-refractivity contribution in [2.45, 2.75) is 6.92 Å². The van der Waals surface area contributed by atoms with E-state index in [9.17, 15) is 9.59 Å². The minimum atomic E-state index is -0.569. The van der Waals surface area contributed by atoms with Crippen LogP contribution in [0.25, 0.3) is 0 Å². The molecule has 0 N–H and O–H groups in total. The Morgan fingerprint density at radius 3 is 2.43 bits per heavy atom. The number of carbonyl (C=O) groups excluding carboxylic acids is 2. The molecule has 0 aliphatic rings.